The molecule has 8 nitrogen and oxygen atoms in total. The van der Waals surface area contributed by atoms with E-state index in [1.54, 1.807) is 24.3 Å². The van der Waals surface area contributed by atoms with E-state index < -0.39 is 33.8 Å². The summed E-state index contributed by atoms with van der Waals surface area (Å²) in [5.74, 6) is -1.19. The first kappa shape index (κ1) is 24.7. The van der Waals surface area contributed by atoms with Crippen LogP contribution in [0, 0.1) is 5.82 Å². The standard InChI is InChI=1S/C24H23FN2O6S/c1-32-22-6-4-3-5-20(22)27-34(30,31)19-13-9-17(10-14-19)24(29)26-21(15-23(28)33-2)16-7-11-18(25)12-8-16/h3-14,21,27H,15H2,1-2H3,(H,26,29). The summed E-state index contributed by atoms with van der Waals surface area (Å²) in [4.78, 5) is 24.5. The van der Waals surface area contributed by atoms with Gasteiger partial charge in [-0.1, -0.05) is 24.3 Å². The molecule has 0 aliphatic heterocycles. The average molecular weight is 487 g/mol. The topological polar surface area (TPSA) is 111 Å². The minimum absolute atomic E-state index is 0.0559. The summed E-state index contributed by atoms with van der Waals surface area (Å²) < 4.78 is 51.1. The van der Waals surface area contributed by atoms with Gasteiger partial charge in [0.15, 0.2) is 0 Å². The van der Waals surface area contributed by atoms with Crippen molar-refractivity contribution in [2.75, 3.05) is 18.9 Å². The molecule has 3 aromatic carbocycles. The van der Waals surface area contributed by atoms with Gasteiger partial charge in [0.1, 0.15) is 11.6 Å². The molecule has 10 heteroatoms. The lowest BCUT2D eigenvalue weighted by molar-refractivity contribution is -0.141. The van der Waals surface area contributed by atoms with Crippen LogP contribution in [-0.2, 0) is 19.6 Å². The third-order valence-corrected chi connectivity index (χ3v) is 6.34. The lowest BCUT2D eigenvalue weighted by Crippen LogP contribution is -2.30. The molecule has 0 spiro atoms. The zero-order valence-electron chi connectivity index (χ0n) is 18.4. The van der Waals surface area contributed by atoms with Gasteiger partial charge < -0.3 is 14.8 Å². The number of halogens is 1. The molecule has 0 aliphatic carbocycles. The minimum Gasteiger partial charge on any atom is -0.495 e. The maximum Gasteiger partial charge on any atom is 0.307 e. The van der Waals surface area contributed by atoms with Gasteiger partial charge in [0.2, 0.25) is 0 Å². The van der Waals surface area contributed by atoms with Crippen LogP contribution in [0.5, 0.6) is 5.75 Å². The van der Waals surface area contributed by atoms with Gasteiger partial charge in [0.25, 0.3) is 15.9 Å². The van der Waals surface area contributed by atoms with Gasteiger partial charge in [0.05, 0.1) is 37.3 Å². The van der Waals surface area contributed by atoms with Crippen LogP contribution in [0.3, 0.4) is 0 Å². The number of hydrogen-bond acceptors (Lipinski definition) is 6. The number of methoxy groups -OCH3 is 2. The number of ether oxygens (including phenoxy) is 2. The molecule has 1 amide bonds. The predicted octanol–water partition coefficient (Wildman–Crippen LogP) is 3.67. The first-order valence-corrected chi connectivity index (χ1v) is 11.6. The van der Waals surface area contributed by atoms with Gasteiger partial charge in [0, 0.05) is 5.56 Å². The highest BCUT2D eigenvalue weighted by atomic mass is 32.2. The van der Waals surface area contributed by atoms with Crippen molar-refractivity contribution in [3.63, 3.8) is 0 Å². The van der Waals surface area contributed by atoms with Crippen molar-refractivity contribution < 1.29 is 31.9 Å². The number of carbonyl (C=O) groups excluding carboxylic acids is 2. The summed E-state index contributed by atoms with van der Waals surface area (Å²) in [5.41, 5.74) is 0.963. The van der Waals surface area contributed by atoms with E-state index in [4.69, 9.17) is 4.74 Å². The van der Waals surface area contributed by atoms with Gasteiger partial charge in [-0.2, -0.15) is 0 Å². The van der Waals surface area contributed by atoms with E-state index in [9.17, 15) is 22.4 Å². The Bertz CT molecular complexity index is 1260. The first-order chi connectivity index (χ1) is 16.2. The number of hydrogen-bond donors (Lipinski definition) is 2. The second-order valence-electron chi connectivity index (χ2n) is 7.19. The molecule has 0 saturated carbocycles. The van der Waals surface area contributed by atoms with Crippen LogP contribution >= 0.6 is 0 Å². The zero-order chi connectivity index (χ0) is 24.7. The number of carbonyl (C=O) groups is 2. The van der Waals surface area contributed by atoms with E-state index in [0.29, 0.717) is 11.3 Å². The number of rotatable bonds is 9. The van der Waals surface area contributed by atoms with Crippen LogP contribution in [0.25, 0.3) is 0 Å². The molecule has 0 aromatic heterocycles. The molecule has 1 unspecified atom stereocenters. The van der Waals surface area contributed by atoms with Crippen LogP contribution in [0.15, 0.2) is 77.7 Å². The normalized spacial score (nSPS) is 11.9. The first-order valence-electron chi connectivity index (χ1n) is 10.1. The summed E-state index contributed by atoms with van der Waals surface area (Å²) >= 11 is 0. The monoisotopic (exact) mass is 486 g/mol. The van der Waals surface area contributed by atoms with Crippen molar-refractivity contribution in [1.29, 1.82) is 0 Å². The molecule has 0 radical (unpaired) electrons. The third-order valence-electron chi connectivity index (χ3n) is 4.95. The molecule has 178 valence electrons. The fraction of sp³-hybridized carbons (Fsp3) is 0.167. The largest absolute Gasteiger partial charge is 0.495 e. The van der Waals surface area contributed by atoms with Crippen LogP contribution in [-0.4, -0.2) is 34.5 Å². The van der Waals surface area contributed by atoms with Crippen molar-refractivity contribution in [3.05, 3.63) is 89.7 Å². The number of benzene rings is 3. The second kappa shape index (κ2) is 10.8. The highest BCUT2D eigenvalue weighted by molar-refractivity contribution is 7.92. The Balaban J connectivity index is 1.77. The van der Waals surface area contributed by atoms with E-state index in [-0.39, 0.29) is 22.6 Å². The quantitative estimate of drug-likeness (QED) is 0.447. The molecule has 3 rings (SSSR count). The number of sulfonamides is 1. The fourth-order valence-corrected chi connectivity index (χ4v) is 4.23. The summed E-state index contributed by atoms with van der Waals surface area (Å²) in [6, 6.07) is 16.5. The molecule has 0 aliphatic rings. The maximum atomic E-state index is 13.3. The molecule has 0 fully saturated rings. The maximum absolute atomic E-state index is 13.3. The van der Waals surface area contributed by atoms with E-state index in [0.717, 1.165) is 0 Å². The summed E-state index contributed by atoms with van der Waals surface area (Å²) in [6.45, 7) is 0. The van der Waals surface area contributed by atoms with E-state index in [1.807, 2.05) is 0 Å². The number of amides is 1. The highest BCUT2D eigenvalue weighted by Gasteiger charge is 2.21. The van der Waals surface area contributed by atoms with Crippen molar-refractivity contribution in [3.8, 4) is 5.75 Å². The molecule has 0 bridgehead atoms. The Morgan fingerprint density at radius 2 is 1.59 bits per heavy atom. The molecule has 3 aromatic rings. The summed E-state index contributed by atoms with van der Waals surface area (Å²) in [6.07, 6.45) is -0.164. The van der Waals surface area contributed by atoms with Crippen molar-refractivity contribution >= 4 is 27.6 Å². The summed E-state index contributed by atoms with van der Waals surface area (Å²) in [7, 11) is -1.28. The summed E-state index contributed by atoms with van der Waals surface area (Å²) in [5, 5.41) is 2.70. The van der Waals surface area contributed by atoms with Crippen LogP contribution < -0.4 is 14.8 Å². The van der Waals surface area contributed by atoms with Crippen molar-refractivity contribution in [1.82, 2.24) is 5.32 Å². The van der Waals surface area contributed by atoms with Crippen LogP contribution in [0.4, 0.5) is 10.1 Å². The van der Waals surface area contributed by atoms with Gasteiger partial charge in [-0.15, -0.1) is 0 Å². The third kappa shape index (κ3) is 6.10. The Hall–Kier alpha value is -3.92. The Morgan fingerprint density at radius 1 is 0.941 bits per heavy atom. The number of esters is 1. The van der Waals surface area contributed by atoms with Gasteiger partial charge >= 0.3 is 5.97 Å². The van der Waals surface area contributed by atoms with E-state index in [1.165, 1.54) is 62.8 Å². The minimum atomic E-state index is -3.94. The predicted molar refractivity (Wildman–Crippen MR) is 123 cm³/mol. The van der Waals surface area contributed by atoms with Gasteiger partial charge in [-0.25, -0.2) is 12.8 Å². The molecule has 0 saturated heterocycles. The molecular weight excluding hydrogens is 463 g/mol. The zero-order valence-corrected chi connectivity index (χ0v) is 19.3. The van der Waals surface area contributed by atoms with E-state index >= 15 is 0 Å². The average Bonchev–Trinajstić information content (AvgIpc) is 2.84. The smallest absolute Gasteiger partial charge is 0.307 e. The molecule has 1 atom stereocenters. The van der Waals surface area contributed by atoms with Crippen molar-refractivity contribution in [2.24, 2.45) is 0 Å². The molecule has 0 heterocycles. The van der Waals surface area contributed by atoms with E-state index in [2.05, 4.69) is 14.8 Å². The lowest BCUT2D eigenvalue weighted by Gasteiger charge is -2.18. The second-order valence-corrected chi connectivity index (χ2v) is 8.87. The molecular formula is C24H23FN2O6S. The number of para-hydroxylation sites is 2. The molecule has 2 N–H and O–H groups in total. The van der Waals surface area contributed by atoms with Crippen molar-refractivity contribution in [2.45, 2.75) is 17.4 Å². The number of nitrogens with one attached hydrogen (secondary N) is 2. The Labute approximate surface area is 196 Å². The van der Waals surface area contributed by atoms with Gasteiger partial charge in [-0.05, 0) is 54.1 Å². The SMILES string of the molecule is COC(=O)CC(NC(=O)c1ccc(S(=O)(=O)Nc2ccccc2OC)cc1)c1ccc(F)cc1. The Kier molecular flexibility index (Phi) is 7.85. The van der Waals surface area contributed by atoms with Crippen LogP contribution in [0.1, 0.15) is 28.4 Å². The fourth-order valence-electron chi connectivity index (χ4n) is 3.16. The highest BCUT2D eigenvalue weighted by Crippen LogP contribution is 2.26. The van der Waals surface area contributed by atoms with Gasteiger partial charge in [-0.3, -0.25) is 14.3 Å². The number of anilines is 1. The van der Waals surface area contributed by atoms with Crippen LogP contribution in [0.2, 0.25) is 0 Å². The lowest BCUT2D eigenvalue weighted by atomic mass is 10.0. The Morgan fingerprint density at radius 3 is 2.21 bits per heavy atom. The molecule has 34 heavy (non-hydrogen) atoms.